The van der Waals surface area contributed by atoms with Crippen LogP contribution in [0.5, 0.6) is 0 Å². The highest BCUT2D eigenvalue weighted by Crippen LogP contribution is 2.23. The molecule has 3 aromatic rings. The number of carbonyl (C=O) groups excluding carboxylic acids is 2. The van der Waals surface area contributed by atoms with Crippen LogP contribution in [0.3, 0.4) is 0 Å². The lowest BCUT2D eigenvalue weighted by Gasteiger charge is -2.26. The Hall–Kier alpha value is -3.08. The average Bonchev–Trinajstić information content (AvgIpc) is 3.41. The minimum absolute atomic E-state index is 0.0741. The lowest BCUT2D eigenvalue weighted by atomic mass is 10.3. The van der Waals surface area contributed by atoms with E-state index in [-0.39, 0.29) is 11.8 Å². The third-order valence-electron chi connectivity index (χ3n) is 5.14. The van der Waals surface area contributed by atoms with Crippen molar-refractivity contribution in [1.29, 1.82) is 0 Å². The van der Waals surface area contributed by atoms with E-state index >= 15 is 0 Å². The summed E-state index contributed by atoms with van der Waals surface area (Å²) in [7, 11) is 0. The summed E-state index contributed by atoms with van der Waals surface area (Å²) in [5.41, 5.74) is 0. The van der Waals surface area contributed by atoms with Crippen LogP contribution in [0.4, 0.5) is 0 Å². The van der Waals surface area contributed by atoms with Crippen LogP contribution in [0, 0.1) is 13.8 Å². The van der Waals surface area contributed by atoms with Gasteiger partial charge in [0.1, 0.15) is 23.3 Å². The molecule has 0 spiro atoms. The van der Waals surface area contributed by atoms with Gasteiger partial charge in [0.15, 0.2) is 0 Å². The first-order chi connectivity index (χ1) is 14.0. The summed E-state index contributed by atoms with van der Waals surface area (Å²) >= 11 is 1.24. The quantitative estimate of drug-likeness (QED) is 0.619. The standard InChI is InChI=1S/C18H20N8O2S/c1-11-19-15-9-23(5-7-25(15)21-11)17(27)13-3-4-14(29-13)18(28)24-6-8-26-16(10-24)20-12(2)22-26/h3-4H,5-10H2,1-2H3. The minimum Gasteiger partial charge on any atom is -0.329 e. The van der Waals surface area contributed by atoms with Crippen LogP contribution in [0.15, 0.2) is 12.1 Å². The molecule has 3 aromatic heterocycles. The predicted octanol–water partition coefficient (Wildman–Crippen LogP) is 0.860. The fourth-order valence-corrected chi connectivity index (χ4v) is 4.69. The molecule has 5 heterocycles. The largest absolute Gasteiger partial charge is 0.329 e. The molecule has 0 atom stereocenters. The van der Waals surface area contributed by atoms with Crippen LogP contribution in [-0.4, -0.2) is 64.2 Å². The molecule has 2 amide bonds. The molecule has 2 aliphatic rings. The SMILES string of the molecule is Cc1nc2n(n1)CCN(C(=O)c1ccc(C(=O)N3CCn4nc(C)nc4C3)s1)C2. The number of hydrogen-bond donors (Lipinski definition) is 0. The van der Waals surface area contributed by atoms with E-state index in [2.05, 4.69) is 20.2 Å². The summed E-state index contributed by atoms with van der Waals surface area (Å²) in [5.74, 6) is 2.87. The van der Waals surface area contributed by atoms with Crippen molar-refractivity contribution in [1.82, 2.24) is 39.3 Å². The van der Waals surface area contributed by atoms with Crippen molar-refractivity contribution in [3.05, 3.63) is 45.2 Å². The normalized spacial score (nSPS) is 15.9. The van der Waals surface area contributed by atoms with Gasteiger partial charge in [-0.1, -0.05) is 0 Å². The maximum Gasteiger partial charge on any atom is 0.264 e. The highest BCUT2D eigenvalue weighted by molar-refractivity contribution is 7.15. The zero-order valence-electron chi connectivity index (χ0n) is 16.2. The number of nitrogens with zero attached hydrogens (tertiary/aromatic N) is 8. The maximum absolute atomic E-state index is 12.9. The molecule has 0 N–H and O–H groups in total. The molecule has 0 radical (unpaired) electrons. The lowest BCUT2D eigenvalue weighted by molar-refractivity contribution is 0.0702. The Balaban J connectivity index is 1.29. The zero-order valence-corrected chi connectivity index (χ0v) is 17.0. The number of hydrogen-bond acceptors (Lipinski definition) is 7. The molecule has 0 aromatic carbocycles. The molecule has 0 saturated carbocycles. The molecule has 0 unspecified atom stereocenters. The topological polar surface area (TPSA) is 102 Å². The fourth-order valence-electron chi connectivity index (χ4n) is 3.75. The molecule has 11 heteroatoms. The first-order valence-electron chi connectivity index (χ1n) is 9.47. The number of aromatic nitrogens is 6. The Morgan fingerprint density at radius 3 is 1.69 bits per heavy atom. The second kappa shape index (κ2) is 6.76. The van der Waals surface area contributed by atoms with Gasteiger partial charge in [-0.3, -0.25) is 9.59 Å². The van der Waals surface area contributed by atoms with Gasteiger partial charge in [-0.15, -0.1) is 11.3 Å². The molecule has 0 aliphatic carbocycles. The van der Waals surface area contributed by atoms with Crippen molar-refractivity contribution >= 4 is 23.2 Å². The second-order valence-electron chi connectivity index (χ2n) is 7.21. The Morgan fingerprint density at radius 1 is 0.793 bits per heavy atom. The number of fused-ring (bicyclic) bond motifs is 2. The average molecular weight is 412 g/mol. The zero-order chi connectivity index (χ0) is 20.1. The number of rotatable bonds is 2. The van der Waals surface area contributed by atoms with E-state index in [9.17, 15) is 9.59 Å². The Kier molecular flexibility index (Phi) is 4.19. The first kappa shape index (κ1) is 18.0. The summed E-state index contributed by atoms with van der Waals surface area (Å²) in [6, 6.07) is 3.48. The number of thiophene rings is 1. The van der Waals surface area contributed by atoms with Crippen molar-refractivity contribution in [3.63, 3.8) is 0 Å². The van der Waals surface area contributed by atoms with Gasteiger partial charge < -0.3 is 9.80 Å². The third kappa shape index (κ3) is 3.20. The minimum atomic E-state index is -0.0741. The van der Waals surface area contributed by atoms with Gasteiger partial charge in [-0.25, -0.2) is 19.3 Å². The Morgan fingerprint density at radius 2 is 1.24 bits per heavy atom. The van der Waals surface area contributed by atoms with E-state index in [0.29, 0.717) is 60.7 Å². The van der Waals surface area contributed by atoms with Crippen molar-refractivity contribution in [2.75, 3.05) is 13.1 Å². The highest BCUT2D eigenvalue weighted by Gasteiger charge is 2.28. The molecular formula is C18H20N8O2S. The van der Waals surface area contributed by atoms with E-state index in [1.54, 1.807) is 21.9 Å². The van der Waals surface area contributed by atoms with Gasteiger partial charge in [0.05, 0.1) is 35.9 Å². The van der Waals surface area contributed by atoms with Gasteiger partial charge in [0.2, 0.25) is 0 Å². The number of carbonyl (C=O) groups is 2. The number of aryl methyl sites for hydroxylation is 2. The van der Waals surface area contributed by atoms with Crippen LogP contribution in [-0.2, 0) is 26.2 Å². The van der Waals surface area contributed by atoms with Crippen LogP contribution < -0.4 is 0 Å². The van der Waals surface area contributed by atoms with Crippen molar-refractivity contribution in [2.24, 2.45) is 0 Å². The van der Waals surface area contributed by atoms with E-state index < -0.39 is 0 Å². The van der Waals surface area contributed by atoms with Crippen molar-refractivity contribution < 1.29 is 9.59 Å². The molecule has 5 rings (SSSR count). The maximum atomic E-state index is 12.9. The molecule has 0 bridgehead atoms. The number of amides is 2. The first-order valence-corrected chi connectivity index (χ1v) is 10.3. The summed E-state index contributed by atoms with van der Waals surface area (Å²) in [6.07, 6.45) is 0. The molecule has 29 heavy (non-hydrogen) atoms. The van der Waals surface area contributed by atoms with Crippen LogP contribution in [0.1, 0.15) is 42.6 Å². The summed E-state index contributed by atoms with van der Waals surface area (Å²) < 4.78 is 3.69. The summed E-state index contributed by atoms with van der Waals surface area (Å²) in [5, 5.41) is 8.65. The van der Waals surface area contributed by atoms with Gasteiger partial charge in [0, 0.05) is 13.1 Å². The van der Waals surface area contributed by atoms with E-state index in [1.165, 1.54) is 11.3 Å². The van der Waals surface area contributed by atoms with Crippen molar-refractivity contribution in [2.45, 2.75) is 40.0 Å². The lowest BCUT2D eigenvalue weighted by Crippen LogP contribution is -2.38. The Labute approximate surface area is 170 Å². The van der Waals surface area contributed by atoms with Crippen LogP contribution in [0.2, 0.25) is 0 Å². The second-order valence-corrected chi connectivity index (χ2v) is 8.30. The van der Waals surface area contributed by atoms with Gasteiger partial charge >= 0.3 is 0 Å². The monoisotopic (exact) mass is 412 g/mol. The molecule has 0 fully saturated rings. The fraction of sp³-hybridized carbons (Fsp3) is 0.444. The van der Waals surface area contributed by atoms with Crippen LogP contribution >= 0.6 is 11.3 Å². The molecule has 2 aliphatic heterocycles. The van der Waals surface area contributed by atoms with E-state index in [1.807, 2.05) is 23.2 Å². The van der Waals surface area contributed by atoms with Gasteiger partial charge in [0.25, 0.3) is 11.8 Å². The van der Waals surface area contributed by atoms with Gasteiger partial charge in [-0.05, 0) is 26.0 Å². The summed E-state index contributed by atoms with van der Waals surface area (Å²) in [4.78, 5) is 39.3. The van der Waals surface area contributed by atoms with Crippen LogP contribution in [0.25, 0.3) is 0 Å². The predicted molar refractivity (Wildman–Crippen MR) is 103 cm³/mol. The van der Waals surface area contributed by atoms with E-state index in [4.69, 9.17) is 0 Å². The van der Waals surface area contributed by atoms with Gasteiger partial charge in [-0.2, -0.15) is 10.2 Å². The highest BCUT2D eigenvalue weighted by atomic mass is 32.1. The Bertz CT molecular complexity index is 1030. The van der Waals surface area contributed by atoms with Crippen molar-refractivity contribution in [3.8, 4) is 0 Å². The van der Waals surface area contributed by atoms with E-state index in [0.717, 1.165) is 11.6 Å². The molecular weight excluding hydrogens is 392 g/mol. The summed E-state index contributed by atoms with van der Waals surface area (Å²) in [6.45, 7) is 6.98. The molecule has 150 valence electrons. The molecule has 10 nitrogen and oxygen atoms in total. The third-order valence-corrected chi connectivity index (χ3v) is 6.20. The smallest absolute Gasteiger partial charge is 0.264 e. The molecule has 0 saturated heterocycles.